The molecule has 25 heavy (non-hydrogen) atoms. The van der Waals surface area contributed by atoms with Gasteiger partial charge in [0.1, 0.15) is 11.5 Å². The second-order valence-corrected chi connectivity index (χ2v) is 6.75. The number of aliphatic imine (C=N–C) groups is 1. The number of benzene rings is 1. The first-order valence-corrected chi connectivity index (χ1v) is 9.06. The normalized spacial score (nSPS) is 17.8. The Morgan fingerprint density at radius 3 is 2.56 bits per heavy atom. The summed E-state index contributed by atoms with van der Waals surface area (Å²) in [5.41, 5.74) is 1.14. The lowest BCUT2D eigenvalue weighted by molar-refractivity contribution is 0.207. The minimum Gasteiger partial charge on any atom is -0.497 e. The highest BCUT2D eigenvalue weighted by atomic mass is 127. The molecule has 2 aliphatic carbocycles. The van der Waals surface area contributed by atoms with E-state index >= 15 is 0 Å². The van der Waals surface area contributed by atoms with Crippen LogP contribution in [0.4, 0.5) is 0 Å². The molecule has 2 saturated carbocycles. The second kappa shape index (κ2) is 10.1. The van der Waals surface area contributed by atoms with E-state index in [-0.39, 0.29) is 24.0 Å². The van der Waals surface area contributed by atoms with Gasteiger partial charge in [-0.2, -0.15) is 0 Å². The Hall–Kier alpha value is -1.18. The molecule has 0 unspecified atom stereocenters. The van der Waals surface area contributed by atoms with Gasteiger partial charge >= 0.3 is 0 Å². The molecule has 0 aliphatic heterocycles. The summed E-state index contributed by atoms with van der Waals surface area (Å²) in [6.07, 6.45) is 7.83. The molecular formula is C19H30IN3O2. The van der Waals surface area contributed by atoms with Gasteiger partial charge in [-0.3, -0.25) is 4.99 Å². The summed E-state index contributed by atoms with van der Waals surface area (Å²) in [5.74, 6) is 3.43. The molecule has 2 N–H and O–H groups in total. The summed E-state index contributed by atoms with van der Waals surface area (Å²) in [6, 6.07) is 6.05. The fourth-order valence-electron chi connectivity index (χ4n) is 3.07. The van der Waals surface area contributed by atoms with Crippen LogP contribution in [0.25, 0.3) is 0 Å². The summed E-state index contributed by atoms with van der Waals surface area (Å²) in [5, 5.41) is 6.78. The third kappa shape index (κ3) is 6.24. The lowest BCUT2D eigenvalue weighted by Gasteiger charge is -2.18. The Bertz CT molecular complexity index is 570. The van der Waals surface area contributed by atoms with Crippen molar-refractivity contribution >= 4 is 29.9 Å². The number of methoxy groups -OCH3 is 1. The maximum absolute atomic E-state index is 6.24. The maximum atomic E-state index is 6.24. The molecule has 6 heteroatoms. The van der Waals surface area contributed by atoms with Gasteiger partial charge in [0.25, 0.3) is 0 Å². The molecule has 0 spiro atoms. The van der Waals surface area contributed by atoms with E-state index in [2.05, 4.69) is 21.7 Å². The lowest BCUT2D eigenvalue weighted by Crippen LogP contribution is -2.38. The zero-order valence-corrected chi connectivity index (χ0v) is 17.5. The molecule has 0 heterocycles. The van der Waals surface area contributed by atoms with Crippen LogP contribution in [-0.2, 0) is 6.54 Å². The average molecular weight is 459 g/mol. The fourth-order valence-corrected chi connectivity index (χ4v) is 3.07. The van der Waals surface area contributed by atoms with Crippen molar-refractivity contribution in [3.8, 4) is 11.5 Å². The molecular weight excluding hydrogens is 429 g/mol. The van der Waals surface area contributed by atoms with E-state index in [4.69, 9.17) is 9.47 Å². The van der Waals surface area contributed by atoms with Gasteiger partial charge in [0.2, 0.25) is 0 Å². The molecule has 140 valence electrons. The van der Waals surface area contributed by atoms with Crippen molar-refractivity contribution in [2.45, 2.75) is 51.2 Å². The van der Waals surface area contributed by atoms with Gasteiger partial charge in [0, 0.05) is 31.8 Å². The van der Waals surface area contributed by atoms with E-state index in [1.807, 2.05) is 19.2 Å². The van der Waals surface area contributed by atoms with Gasteiger partial charge in [-0.05, 0) is 56.6 Å². The van der Waals surface area contributed by atoms with E-state index < -0.39 is 0 Å². The van der Waals surface area contributed by atoms with Crippen LogP contribution in [-0.4, -0.2) is 32.8 Å². The molecule has 0 saturated heterocycles. The number of nitrogens with zero attached hydrogens (tertiary/aromatic N) is 1. The summed E-state index contributed by atoms with van der Waals surface area (Å²) in [7, 11) is 3.50. The number of rotatable bonds is 7. The van der Waals surface area contributed by atoms with Crippen LogP contribution in [0.2, 0.25) is 0 Å². The average Bonchev–Trinajstić information content (AvgIpc) is 3.30. The van der Waals surface area contributed by atoms with E-state index in [1.54, 1.807) is 7.11 Å². The molecule has 0 amide bonds. The number of guanidine groups is 1. The zero-order valence-electron chi connectivity index (χ0n) is 15.2. The van der Waals surface area contributed by atoms with Crippen LogP contribution in [0, 0.1) is 5.92 Å². The first-order chi connectivity index (χ1) is 11.8. The zero-order chi connectivity index (χ0) is 16.8. The Morgan fingerprint density at radius 2 is 1.92 bits per heavy atom. The summed E-state index contributed by atoms with van der Waals surface area (Å²) < 4.78 is 11.6. The van der Waals surface area contributed by atoms with Crippen molar-refractivity contribution in [2.75, 3.05) is 20.7 Å². The van der Waals surface area contributed by atoms with Crippen molar-refractivity contribution in [3.63, 3.8) is 0 Å². The molecule has 0 aromatic heterocycles. The minimum absolute atomic E-state index is 0. The number of halogens is 1. The molecule has 2 fully saturated rings. The number of hydrogen-bond donors (Lipinski definition) is 2. The van der Waals surface area contributed by atoms with Crippen LogP contribution in [0.15, 0.2) is 23.2 Å². The predicted octanol–water partition coefficient (Wildman–Crippen LogP) is 3.71. The number of ether oxygens (including phenoxy) is 2. The van der Waals surface area contributed by atoms with Crippen molar-refractivity contribution in [2.24, 2.45) is 10.9 Å². The molecule has 0 radical (unpaired) electrons. The highest BCUT2D eigenvalue weighted by Gasteiger charge is 2.21. The van der Waals surface area contributed by atoms with Crippen molar-refractivity contribution in [1.29, 1.82) is 0 Å². The Morgan fingerprint density at radius 1 is 1.16 bits per heavy atom. The SMILES string of the molecule is CN=C(NCc1ccc(OC)cc1OC1CCCC1)NCC1CC1.I. The quantitative estimate of drug-likeness (QED) is 0.371. The van der Waals surface area contributed by atoms with Crippen LogP contribution in [0.5, 0.6) is 11.5 Å². The van der Waals surface area contributed by atoms with E-state index in [1.165, 1.54) is 25.7 Å². The Balaban J connectivity index is 0.00000225. The lowest BCUT2D eigenvalue weighted by atomic mass is 10.2. The van der Waals surface area contributed by atoms with Gasteiger partial charge < -0.3 is 20.1 Å². The Kier molecular flexibility index (Phi) is 8.12. The standard InChI is InChI=1S/C19H29N3O2.HI/c1-20-19(21-12-14-7-8-14)22-13-15-9-10-17(23-2)11-18(15)24-16-5-3-4-6-16;/h9-11,14,16H,3-8,12-13H2,1-2H3,(H2,20,21,22);1H. The molecule has 0 bridgehead atoms. The molecule has 0 atom stereocenters. The second-order valence-electron chi connectivity index (χ2n) is 6.75. The highest BCUT2D eigenvalue weighted by molar-refractivity contribution is 14.0. The molecule has 1 aromatic rings. The number of nitrogens with one attached hydrogen (secondary N) is 2. The molecule has 5 nitrogen and oxygen atoms in total. The molecule has 3 rings (SSSR count). The van der Waals surface area contributed by atoms with Crippen LogP contribution in [0.1, 0.15) is 44.1 Å². The molecule has 2 aliphatic rings. The highest BCUT2D eigenvalue weighted by Crippen LogP contribution is 2.30. The topological polar surface area (TPSA) is 54.9 Å². The van der Waals surface area contributed by atoms with Gasteiger partial charge in [0.05, 0.1) is 13.2 Å². The van der Waals surface area contributed by atoms with Gasteiger partial charge in [-0.25, -0.2) is 0 Å². The van der Waals surface area contributed by atoms with E-state index in [0.29, 0.717) is 12.6 Å². The third-order valence-electron chi connectivity index (χ3n) is 4.80. The summed E-state index contributed by atoms with van der Waals surface area (Å²) in [4.78, 5) is 4.30. The van der Waals surface area contributed by atoms with E-state index in [0.717, 1.165) is 48.3 Å². The Labute approximate surface area is 168 Å². The van der Waals surface area contributed by atoms with Crippen LogP contribution in [0.3, 0.4) is 0 Å². The first-order valence-electron chi connectivity index (χ1n) is 9.06. The molecule has 1 aromatic carbocycles. The smallest absolute Gasteiger partial charge is 0.191 e. The van der Waals surface area contributed by atoms with Crippen LogP contribution < -0.4 is 20.1 Å². The largest absolute Gasteiger partial charge is 0.497 e. The summed E-state index contributed by atoms with van der Waals surface area (Å²) in [6.45, 7) is 1.70. The summed E-state index contributed by atoms with van der Waals surface area (Å²) >= 11 is 0. The van der Waals surface area contributed by atoms with Crippen molar-refractivity contribution in [3.05, 3.63) is 23.8 Å². The predicted molar refractivity (Wildman–Crippen MR) is 112 cm³/mol. The van der Waals surface area contributed by atoms with Gasteiger partial charge in [-0.15, -0.1) is 24.0 Å². The number of hydrogen-bond acceptors (Lipinski definition) is 3. The monoisotopic (exact) mass is 459 g/mol. The first kappa shape index (κ1) is 20.1. The van der Waals surface area contributed by atoms with Crippen LogP contribution >= 0.6 is 24.0 Å². The van der Waals surface area contributed by atoms with E-state index in [9.17, 15) is 0 Å². The van der Waals surface area contributed by atoms with Gasteiger partial charge in [-0.1, -0.05) is 0 Å². The minimum atomic E-state index is 0. The third-order valence-corrected chi connectivity index (χ3v) is 4.80. The van der Waals surface area contributed by atoms with Crippen molar-refractivity contribution < 1.29 is 9.47 Å². The fraction of sp³-hybridized carbons (Fsp3) is 0.632. The van der Waals surface area contributed by atoms with Gasteiger partial charge in [0.15, 0.2) is 5.96 Å². The maximum Gasteiger partial charge on any atom is 0.191 e. The van der Waals surface area contributed by atoms with Crippen molar-refractivity contribution in [1.82, 2.24) is 10.6 Å².